The number of carbonyl (C=O) groups excluding carboxylic acids is 1. The Morgan fingerprint density at radius 1 is 0.489 bits per heavy atom. The number of amides is 1. The van der Waals surface area contributed by atoms with Crippen LogP contribution in [0.25, 0.3) is 0 Å². The number of nitrogens with one attached hydrogen (secondary N) is 1. The van der Waals surface area contributed by atoms with Crippen LogP contribution in [0.3, 0.4) is 0 Å². The molecule has 0 spiro atoms. The second-order valence-electron chi connectivity index (χ2n) is 14.0. The molecule has 4 nitrogen and oxygen atoms in total. The van der Waals surface area contributed by atoms with Gasteiger partial charge in [-0.25, -0.2) is 0 Å². The summed E-state index contributed by atoms with van der Waals surface area (Å²) in [6, 6.07) is -0.642. The largest absolute Gasteiger partial charge is 0.394 e. The summed E-state index contributed by atoms with van der Waals surface area (Å²) in [7, 11) is 0. The number of carbonyl (C=O) groups is 1. The second-order valence-corrected chi connectivity index (χ2v) is 14.0. The van der Waals surface area contributed by atoms with Crippen molar-refractivity contribution in [2.45, 2.75) is 225 Å². The zero-order chi connectivity index (χ0) is 34.3. The zero-order valence-corrected chi connectivity index (χ0v) is 31.5. The van der Waals surface area contributed by atoms with Crippen LogP contribution in [-0.2, 0) is 4.79 Å². The number of hydrogen-bond acceptors (Lipinski definition) is 3. The minimum absolute atomic E-state index is 0.0892. The van der Waals surface area contributed by atoms with E-state index >= 15 is 0 Å². The first-order chi connectivity index (χ1) is 23.2. The number of aliphatic hydroxyl groups excluding tert-OH is 2. The van der Waals surface area contributed by atoms with Gasteiger partial charge >= 0.3 is 0 Å². The van der Waals surface area contributed by atoms with E-state index in [0.29, 0.717) is 6.42 Å². The Kier molecular flexibility index (Phi) is 37.9. The van der Waals surface area contributed by atoms with Crippen LogP contribution < -0.4 is 5.32 Å². The van der Waals surface area contributed by atoms with E-state index in [1.54, 1.807) is 6.08 Å². The van der Waals surface area contributed by atoms with Crippen molar-refractivity contribution < 1.29 is 15.0 Å². The van der Waals surface area contributed by atoms with Crippen molar-refractivity contribution in [2.24, 2.45) is 0 Å². The molecule has 2 atom stereocenters. The Balaban J connectivity index is 3.56. The molecule has 0 aliphatic carbocycles. The fraction of sp³-hybridized carbons (Fsp3) is 0.837. The van der Waals surface area contributed by atoms with Gasteiger partial charge in [0.05, 0.1) is 18.8 Å². The molecule has 0 aromatic heterocycles. The van der Waals surface area contributed by atoms with E-state index in [0.717, 1.165) is 44.9 Å². The van der Waals surface area contributed by atoms with Gasteiger partial charge in [0.25, 0.3) is 0 Å². The van der Waals surface area contributed by atoms with Crippen LogP contribution in [0.2, 0.25) is 0 Å². The van der Waals surface area contributed by atoms with E-state index < -0.39 is 12.1 Å². The smallest absolute Gasteiger partial charge is 0.220 e. The summed E-state index contributed by atoms with van der Waals surface area (Å²) in [4.78, 5) is 12.3. The first kappa shape index (κ1) is 45.6. The van der Waals surface area contributed by atoms with E-state index in [2.05, 4.69) is 43.5 Å². The minimum Gasteiger partial charge on any atom is -0.394 e. The fourth-order valence-corrected chi connectivity index (χ4v) is 6.12. The normalized spacial score (nSPS) is 13.4. The van der Waals surface area contributed by atoms with Crippen LogP contribution in [0.4, 0.5) is 0 Å². The van der Waals surface area contributed by atoms with Crippen molar-refractivity contribution in [3.05, 3.63) is 36.5 Å². The Hall–Kier alpha value is -1.39. The van der Waals surface area contributed by atoms with E-state index in [-0.39, 0.29) is 12.5 Å². The van der Waals surface area contributed by atoms with Gasteiger partial charge in [0.1, 0.15) is 0 Å². The summed E-state index contributed by atoms with van der Waals surface area (Å²) in [6.07, 6.45) is 51.2. The maximum absolute atomic E-state index is 12.3. The van der Waals surface area contributed by atoms with Crippen LogP contribution in [0.1, 0.15) is 213 Å². The van der Waals surface area contributed by atoms with Gasteiger partial charge < -0.3 is 15.5 Å². The lowest BCUT2D eigenvalue weighted by molar-refractivity contribution is -0.123. The molecule has 0 saturated carbocycles. The Morgan fingerprint density at radius 2 is 0.851 bits per heavy atom. The maximum atomic E-state index is 12.3. The topological polar surface area (TPSA) is 69.6 Å². The molecule has 0 aromatic rings. The molecule has 0 radical (unpaired) electrons. The molecule has 4 heteroatoms. The Morgan fingerprint density at radius 3 is 1.30 bits per heavy atom. The molecule has 0 heterocycles. The number of allylic oxidation sites excluding steroid dienone is 5. The van der Waals surface area contributed by atoms with Crippen molar-refractivity contribution in [1.29, 1.82) is 0 Å². The highest BCUT2D eigenvalue weighted by Gasteiger charge is 2.17. The SMILES string of the molecule is CCCC/C=C\CCCCCCC(=O)NC(CO)C(O)/C=C/CC/C=C/CCCCCCCCCCCCCCCCCCCCC. The average molecular weight is 660 g/mol. The van der Waals surface area contributed by atoms with E-state index in [4.69, 9.17) is 0 Å². The van der Waals surface area contributed by atoms with Crippen molar-refractivity contribution in [3.8, 4) is 0 Å². The number of hydrogen-bond donors (Lipinski definition) is 3. The highest BCUT2D eigenvalue weighted by atomic mass is 16.3. The third-order valence-electron chi connectivity index (χ3n) is 9.35. The Labute approximate surface area is 293 Å². The fourth-order valence-electron chi connectivity index (χ4n) is 6.12. The standard InChI is InChI=1S/C43H81NO3/c1-3-5-7-9-11-13-15-16-17-18-19-20-21-22-23-24-25-26-27-28-29-30-32-34-36-38-42(46)41(40-45)44-43(47)39-37-35-33-31-14-12-10-8-6-4-2/h10,12,29-30,36,38,41-42,45-46H,3-9,11,13-28,31-35,37,39-40H2,1-2H3,(H,44,47)/b12-10-,30-29+,38-36+. The van der Waals surface area contributed by atoms with Crippen LogP contribution in [0.5, 0.6) is 0 Å². The number of aliphatic hydroxyl groups is 2. The summed E-state index contributed by atoms with van der Waals surface area (Å²) >= 11 is 0. The minimum atomic E-state index is -0.864. The van der Waals surface area contributed by atoms with Gasteiger partial charge in [0.2, 0.25) is 5.91 Å². The molecule has 0 rings (SSSR count). The summed E-state index contributed by atoms with van der Waals surface area (Å²) in [6.45, 7) is 4.25. The van der Waals surface area contributed by atoms with E-state index in [1.807, 2.05) is 6.08 Å². The monoisotopic (exact) mass is 660 g/mol. The first-order valence-corrected chi connectivity index (χ1v) is 20.7. The molecule has 276 valence electrons. The van der Waals surface area contributed by atoms with E-state index in [9.17, 15) is 15.0 Å². The molecule has 1 amide bonds. The van der Waals surface area contributed by atoms with Crippen molar-refractivity contribution >= 4 is 5.91 Å². The van der Waals surface area contributed by atoms with Gasteiger partial charge in [-0.05, 0) is 51.4 Å². The number of rotatable bonds is 37. The third-order valence-corrected chi connectivity index (χ3v) is 9.35. The van der Waals surface area contributed by atoms with Gasteiger partial charge in [-0.2, -0.15) is 0 Å². The molecule has 2 unspecified atom stereocenters. The molecular weight excluding hydrogens is 578 g/mol. The lowest BCUT2D eigenvalue weighted by atomic mass is 10.0. The van der Waals surface area contributed by atoms with Gasteiger partial charge in [-0.15, -0.1) is 0 Å². The predicted molar refractivity (Wildman–Crippen MR) is 207 cm³/mol. The lowest BCUT2D eigenvalue weighted by Gasteiger charge is -2.19. The molecule has 0 bridgehead atoms. The molecule has 0 fully saturated rings. The van der Waals surface area contributed by atoms with Crippen molar-refractivity contribution in [2.75, 3.05) is 6.61 Å². The van der Waals surface area contributed by atoms with E-state index in [1.165, 1.54) is 148 Å². The van der Waals surface area contributed by atoms with Gasteiger partial charge in [-0.1, -0.05) is 192 Å². The predicted octanol–water partition coefficient (Wildman–Crippen LogP) is 12.6. The van der Waals surface area contributed by atoms with Gasteiger partial charge in [-0.3, -0.25) is 4.79 Å². The molecule has 47 heavy (non-hydrogen) atoms. The van der Waals surface area contributed by atoms with Crippen LogP contribution in [-0.4, -0.2) is 34.9 Å². The quantitative estimate of drug-likeness (QED) is 0.0459. The summed E-state index contributed by atoms with van der Waals surface area (Å²) in [5, 5.41) is 22.9. The van der Waals surface area contributed by atoms with Crippen LogP contribution in [0, 0.1) is 0 Å². The van der Waals surface area contributed by atoms with Gasteiger partial charge in [0.15, 0.2) is 0 Å². The zero-order valence-electron chi connectivity index (χ0n) is 31.5. The first-order valence-electron chi connectivity index (χ1n) is 20.7. The third kappa shape index (κ3) is 35.7. The van der Waals surface area contributed by atoms with Crippen LogP contribution in [0.15, 0.2) is 36.5 Å². The average Bonchev–Trinajstić information content (AvgIpc) is 3.07. The maximum Gasteiger partial charge on any atom is 0.220 e. The summed E-state index contributed by atoms with van der Waals surface area (Å²) in [5.74, 6) is -0.0892. The highest BCUT2D eigenvalue weighted by molar-refractivity contribution is 5.76. The Bertz CT molecular complexity index is 716. The lowest BCUT2D eigenvalue weighted by Crippen LogP contribution is -2.45. The molecule has 0 saturated heterocycles. The van der Waals surface area contributed by atoms with Crippen LogP contribution >= 0.6 is 0 Å². The molecule has 0 aliphatic heterocycles. The van der Waals surface area contributed by atoms with Gasteiger partial charge in [0, 0.05) is 6.42 Å². The number of unbranched alkanes of at least 4 members (excludes halogenated alkanes) is 26. The molecule has 0 aliphatic rings. The summed E-state index contributed by atoms with van der Waals surface area (Å²) in [5.41, 5.74) is 0. The molecular formula is C43H81NO3. The summed E-state index contributed by atoms with van der Waals surface area (Å²) < 4.78 is 0. The second kappa shape index (κ2) is 39.1. The molecule has 3 N–H and O–H groups in total. The molecule has 0 aromatic carbocycles. The van der Waals surface area contributed by atoms with Crippen molar-refractivity contribution in [3.63, 3.8) is 0 Å². The van der Waals surface area contributed by atoms with Crippen molar-refractivity contribution in [1.82, 2.24) is 5.32 Å². The highest BCUT2D eigenvalue weighted by Crippen LogP contribution is 2.15.